The number of piperidine rings is 1. The van der Waals surface area contributed by atoms with Crippen LogP contribution in [0, 0.1) is 0 Å². The molecule has 2 aromatic rings. The summed E-state index contributed by atoms with van der Waals surface area (Å²) >= 11 is 1.40. The maximum atomic E-state index is 12.8. The first-order valence-electron chi connectivity index (χ1n) is 11.7. The van der Waals surface area contributed by atoms with Crippen LogP contribution in [0.1, 0.15) is 51.0 Å². The van der Waals surface area contributed by atoms with Crippen LogP contribution >= 0.6 is 11.8 Å². The Morgan fingerprint density at radius 1 is 0.970 bits per heavy atom. The Hall–Kier alpha value is -2.11. The van der Waals surface area contributed by atoms with Crippen LogP contribution in [-0.2, 0) is 14.8 Å². The molecule has 11 heteroatoms. The monoisotopic (exact) mass is 490 g/mol. The molecule has 1 N–H and O–H groups in total. The summed E-state index contributed by atoms with van der Waals surface area (Å²) < 4.78 is 29.3. The Morgan fingerprint density at radius 2 is 1.64 bits per heavy atom. The van der Waals surface area contributed by atoms with Crippen molar-refractivity contribution in [3.8, 4) is 0 Å². The van der Waals surface area contributed by atoms with Gasteiger partial charge in [0.1, 0.15) is 0 Å². The fourth-order valence-corrected chi connectivity index (χ4v) is 6.76. The minimum Gasteiger partial charge on any atom is -0.341 e. The van der Waals surface area contributed by atoms with Crippen LogP contribution in [0.25, 0.3) is 0 Å². The molecule has 1 aromatic heterocycles. The number of rotatable bonds is 8. The molecule has 0 radical (unpaired) electrons. The number of carbonyl (C=O) groups excluding carboxylic acids is 1. The second-order valence-corrected chi connectivity index (χ2v) is 11.8. The minimum atomic E-state index is -3.47. The summed E-state index contributed by atoms with van der Waals surface area (Å²) in [5.41, 5.74) is 0.583. The summed E-state index contributed by atoms with van der Waals surface area (Å²) in [6, 6.07) is 6.88. The van der Waals surface area contributed by atoms with E-state index in [0.717, 1.165) is 56.3 Å². The molecule has 2 saturated heterocycles. The summed E-state index contributed by atoms with van der Waals surface area (Å²) in [5, 5.41) is 12.4. The number of anilines is 2. The fraction of sp³-hybridized carbons (Fsp3) is 0.591. The van der Waals surface area contributed by atoms with Gasteiger partial charge in [-0.15, -0.1) is 10.2 Å². The van der Waals surface area contributed by atoms with Gasteiger partial charge in [0.05, 0.1) is 10.6 Å². The van der Waals surface area contributed by atoms with E-state index < -0.39 is 10.0 Å². The number of nitrogens with one attached hydrogen (secondary N) is 1. The third-order valence-electron chi connectivity index (χ3n) is 6.37. The first-order valence-corrected chi connectivity index (χ1v) is 14.2. The van der Waals surface area contributed by atoms with Crippen LogP contribution in [0.4, 0.5) is 11.6 Å². The van der Waals surface area contributed by atoms with Gasteiger partial charge >= 0.3 is 0 Å². The lowest BCUT2D eigenvalue weighted by Crippen LogP contribution is -2.35. The highest BCUT2D eigenvalue weighted by atomic mass is 32.2. The normalized spacial score (nSPS) is 19.7. The molecular formula is C22H30N6O3S2. The molecule has 1 amide bonds. The number of thioether (sulfide) groups is 1. The van der Waals surface area contributed by atoms with E-state index in [1.165, 1.54) is 24.6 Å². The van der Waals surface area contributed by atoms with Crippen molar-refractivity contribution < 1.29 is 13.2 Å². The van der Waals surface area contributed by atoms with Crippen molar-refractivity contribution >= 4 is 39.3 Å². The predicted molar refractivity (Wildman–Crippen MR) is 128 cm³/mol. The van der Waals surface area contributed by atoms with E-state index in [4.69, 9.17) is 0 Å². The Labute approximate surface area is 199 Å². The average molecular weight is 491 g/mol. The van der Waals surface area contributed by atoms with Crippen LogP contribution in [0.2, 0.25) is 0 Å². The maximum Gasteiger partial charge on any atom is 0.243 e. The minimum absolute atomic E-state index is 0.153. The Kier molecular flexibility index (Phi) is 6.62. The van der Waals surface area contributed by atoms with E-state index in [1.54, 1.807) is 28.6 Å². The van der Waals surface area contributed by atoms with Gasteiger partial charge in [-0.1, -0.05) is 18.2 Å². The molecule has 2 aliphatic heterocycles. The molecule has 33 heavy (non-hydrogen) atoms. The molecule has 3 fully saturated rings. The highest BCUT2D eigenvalue weighted by molar-refractivity contribution is 7.99. The first-order chi connectivity index (χ1) is 16.0. The average Bonchev–Trinajstić information content (AvgIpc) is 3.34. The van der Waals surface area contributed by atoms with Crippen LogP contribution < -0.4 is 10.2 Å². The molecule has 1 saturated carbocycles. The smallest absolute Gasteiger partial charge is 0.243 e. The number of sulfonamides is 1. The van der Waals surface area contributed by atoms with E-state index in [0.29, 0.717) is 24.8 Å². The van der Waals surface area contributed by atoms with E-state index in [9.17, 15) is 13.2 Å². The van der Waals surface area contributed by atoms with Crippen LogP contribution in [0.3, 0.4) is 0 Å². The topological polar surface area (TPSA) is 100 Å². The lowest BCUT2D eigenvalue weighted by Gasteiger charge is -2.25. The lowest BCUT2D eigenvalue weighted by molar-refractivity contribution is -0.113. The van der Waals surface area contributed by atoms with Crippen LogP contribution in [0.5, 0.6) is 0 Å². The zero-order valence-electron chi connectivity index (χ0n) is 18.6. The second-order valence-electron chi connectivity index (χ2n) is 8.90. The highest BCUT2D eigenvalue weighted by Gasteiger charge is 2.32. The van der Waals surface area contributed by atoms with Gasteiger partial charge in [0.2, 0.25) is 21.9 Å². The summed E-state index contributed by atoms with van der Waals surface area (Å²) in [7, 11) is -3.47. The van der Waals surface area contributed by atoms with Crippen molar-refractivity contribution in [1.29, 1.82) is 0 Å². The van der Waals surface area contributed by atoms with E-state index in [1.807, 2.05) is 0 Å². The van der Waals surface area contributed by atoms with Gasteiger partial charge in [-0.3, -0.25) is 9.36 Å². The van der Waals surface area contributed by atoms with Gasteiger partial charge in [0.15, 0.2) is 5.16 Å². The lowest BCUT2D eigenvalue weighted by atomic mass is 10.2. The summed E-state index contributed by atoms with van der Waals surface area (Å²) in [5.74, 6) is 1.00. The first kappa shape index (κ1) is 22.7. The Bertz CT molecular complexity index is 1090. The highest BCUT2D eigenvalue weighted by Crippen LogP contribution is 2.41. The van der Waals surface area contributed by atoms with E-state index in [-0.39, 0.29) is 16.6 Å². The zero-order valence-corrected chi connectivity index (χ0v) is 20.3. The number of hydrogen-bond acceptors (Lipinski definition) is 7. The number of carbonyl (C=O) groups is 1. The number of benzene rings is 1. The van der Waals surface area contributed by atoms with Gasteiger partial charge in [-0.05, 0) is 62.8 Å². The molecule has 0 atom stereocenters. The Morgan fingerprint density at radius 3 is 2.30 bits per heavy atom. The molecule has 9 nitrogen and oxygen atoms in total. The largest absolute Gasteiger partial charge is 0.341 e. The summed E-state index contributed by atoms with van der Waals surface area (Å²) in [4.78, 5) is 15.1. The molecule has 3 heterocycles. The van der Waals surface area contributed by atoms with Crippen molar-refractivity contribution in [1.82, 2.24) is 19.1 Å². The number of hydrogen-bond donors (Lipinski definition) is 1. The molecule has 1 aliphatic carbocycles. The predicted octanol–water partition coefficient (Wildman–Crippen LogP) is 3.12. The van der Waals surface area contributed by atoms with Crippen molar-refractivity contribution in [2.45, 2.75) is 61.0 Å². The van der Waals surface area contributed by atoms with Gasteiger partial charge in [-0.25, -0.2) is 8.42 Å². The fourth-order valence-electron chi connectivity index (χ4n) is 4.44. The number of nitrogens with zero attached hydrogens (tertiary/aromatic N) is 5. The SMILES string of the molecule is O=C(CSc1nnc(N2CCCC2)n1C1CC1)Nc1ccc(S(=O)(=O)N2CCCCC2)cc1. The van der Waals surface area contributed by atoms with E-state index >= 15 is 0 Å². The van der Waals surface area contributed by atoms with Crippen molar-refractivity contribution in [3.05, 3.63) is 24.3 Å². The Balaban J connectivity index is 1.19. The van der Waals surface area contributed by atoms with Gasteiger partial charge < -0.3 is 10.2 Å². The summed E-state index contributed by atoms with van der Waals surface area (Å²) in [6.07, 6.45) is 7.50. The molecule has 0 unspecified atom stereocenters. The molecule has 178 valence electrons. The second kappa shape index (κ2) is 9.63. The van der Waals surface area contributed by atoms with Gasteiger partial charge in [0.25, 0.3) is 0 Å². The number of amides is 1. The summed E-state index contributed by atoms with van der Waals surface area (Å²) in [6.45, 7) is 3.17. The van der Waals surface area contributed by atoms with Gasteiger partial charge in [0, 0.05) is 37.9 Å². The molecule has 0 bridgehead atoms. The molecular weight excluding hydrogens is 460 g/mol. The van der Waals surface area contributed by atoms with Crippen molar-refractivity contribution in [2.24, 2.45) is 0 Å². The third kappa shape index (κ3) is 5.04. The van der Waals surface area contributed by atoms with Crippen molar-refractivity contribution in [3.63, 3.8) is 0 Å². The van der Waals surface area contributed by atoms with Crippen LogP contribution in [-0.4, -0.2) is 65.3 Å². The zero-order chi connectivity index (χ0) is 22.8. The van der Waals surface area contributed by atoms with Crippen LogP contribution in [0.15, 0.2) is 34.3 Å². The molecule has 1 aromatic carbocycles. The van der Waals surface area contributed by atoms with Crippen molar-refractivity contribution in [2.75, 3.05) is 42.1 Å². The quantitative estimate of drug-likeness (QED) is 0.568. The maximum absolute atomic E-state index is 12.8. The molecule has 5 rings (SSSR count). The third-order valence-corrected chi connectivity index (χ3v) is 9.23. The molecule has 3 aliphatic rings. The standard InChI is InChI=1S/C22H30N6O3S2/c29-20(16-32-22-25-24-21(26-12-4-5-13-26)28(22)18-8-9-18)23-17-6-10-19(11-7-17)33(30,31)27-14-2-1-3-15-27/h6-7,10-11,18H,1-5,8-9,12-16H2,(H,23,29). The molecule has 0 spiro atoms. The van der Waals surface area contributed by atoms with E-state index in [2.05, 4.69) is 25.0 Å². The number of aromatic nitrogens is 3. The van der Waals surface area contributed by atoms with Gasteiger partial charge in [-0.2, -0.15) is 4.31 Å².